The molecule has 0 spiro atoms. The van der Waals surface area contributed by atoms with E-state index in [0.717, 1.165) is 6.54 Å². The van der Waals surface area contributed by atoms with Crippen molar-refractivity contribution >= 4 is 5.97 Å². The van der Waals surface area contributed by atoms with Gasteiger partial charge in [0.15, 0.2) is 0 Å². The van der Waals surface area contributed by atoms with Gasteiger partial charge in [0.1, 0.15) is 0 Å². The Balaban J connectivity index is 3.28. The molecule has 0 radical (unpaired) electrons. The maximum Gasteiger partial charge on any atom is 0.303 e. The van der Waals surface area contributed by atoms with E-state index >= 15 is 0 Å². The fourth-order valence-corrected chi connectivity index (χ4v) is 0.833. The molecule has 12 heavy (non-hydrogen) atoms. The van der Waals surface area contributed by atoms with Gasteiger partial charge in [-0.05, 0) is 13.3 Å². The molecule has 1 unspecified atom stereocenters. The van der Waals surface area contributed by atoms with Crippen molar-refractivity contribution < 1.29 is 9.90 Å². The summed E-state index contributed by atoms with van der Waals surface area (Å²) in [6, 6.07) is 0.231. The van der Waals surface area contributed by atoms with E-state index in [-0.39, 0.29) is 12.5 Å². The van der Waals surface area contributed by atoms with Gasteiger partial charge in [0, 0.05) is 25.4 Å². The molecule has 0 heterocycles. The average Bonchev–Trinajstić information content (AvgIpc) is 2.01. The van der Waals surface area contributed by atoms with Crippen molar-refractivity contribution in [1.29, 1.82) is 0 Å². The Hall–Kier alpha value is -1.01. The molecule has 0 aliphatic rings. The smallest absolute Gasteiger partial charge is 0.303 e. The van der Waals surface area contributed by atoms with Crippen LogP contribution in [0.5, 0.6) is 0 Å². The maximum atomic E-state index is 10.2. The molecular formula is C9H15NO2. The van der Waals surface area contributed by atoms with Crippen LogP contribution < -0.4 is 5.32 Å². The summed E-state index contributed by atoms with van der Waals surface area (Å²) in [5.74, 6) is 1.76. The van der Waals surface area contributed by atoms with Gasteiger partial charge in [0.05, 0.1) is 0 Å². The topological polar surface area (TPSA) is 49.3 Å². The predicted molar refractivity (Wildman–Crippen MR) is 47.8 cm³/mol. The quantitative estimate of drug-likeness (QED) is 0.458. The van der Waals surface area contributed by atoms with E-state index in [2.05, 4.69) is 11.2 Å². The number of carboxylic acids is 1. The van der Waals surface area contributed by atoms with Gasteiger partial charge in [0.2, 0.25) is 0 Å². The minimum atomic E-state index is -0.749. The number of nitrogens with one attached hydrogen (secondary N) is 1. The van der Waals surface area contributed by atoms with Crippen LogP contribution in [0.1, 0.15) is 26.2 Å². The van der Waals surface area contributed by atoms with Gasteiger partial charge < -0.3 is 10.4 Å². The molecule has 0 aliphatic carbocycles. The lowest BCUT2D eigenvalue weighted by atomic mass is 10.2. The van der Waals surface area contributed by atoms with Crippen molar-refractivity contribution in [3.8, 4) is 12.3 Å². The third kappa shape index (κ3) is 7.10. The number of carbonyl (C=O) groups is 1. The van der Waals surface area contributed by atoms with Crippen molar-refractivity contribution in [2.45, 2.75) is 32.2 Å². The second-order valence-corrected chi connectivity index (χ2v) is 2.74. The van der Waals surface area contributed by atoms with E-state index in [4.69, 9.17) is 11.5 Å². The summed E-state index contributed by atoms with van der Waals surface area (Å²) in [7, 11) is 0. The first kappa shape index (κ1) is 11.0. The molecule has 3 heteroatoms. The highest BCUT2D eigenvalue weighted by atomic mass is 16.4. The van der Waals surface area contributed by atoms with Crippen LogP contribution >= 0.6 is 0 Å². The van der Waals surface area contributed by atoms with Gasteiger partial charge in [-0.1, -0.05) is 0 Å². The van der Waals surface area contributed by atoms with Crippen LogP contribution in [0.15, 0.2) is 0 Å². The summed E-state index contributed by atoms with van der Waals surface area (Å²) >= 11 is 0. The molecule has 2 N–H and O–H groups in total. The Morgan fingerprint density at radius 1 is 1.75 bits per heavy atom. The number of terminal acetylenes is 1. The molecule has 0 aromatic carbocycles. The fraction of sp³-hybridized carbons (Fsp3) is 0.667. The molecule has 0 aromatic rings. The minimum Gasteiger partial charge on any atom is -0.481 e. The Bertz CT molecular complexity index is 172. The van der Waals surface area contributed by atoms with Crippen LogP contribution in [0.2, 0.25) is 0 Å². The van der Waals surface area contributed by atoms with Crippen LogP contribution in [0, 0.1) is 12.3 Å². The van der Waals surface area contributed by atoms with Crippen molar-refractivity contribution in [3.63, 3.8) is 0 Å². The Labute approximate surface area is 73.2 Å². The van der Waals surface area contributed by atoms with Gasteiger partial charge >= 0.3 is 5.97 Å². The number of aliphatic carboxylic acids is 1. The van der Waals surface area contributed by atoms with Crippen molar-refractivity contribution in [2.24, 2.45) is 0 Å². The van der Waals surface area contributed by atoms with Gasteiger partial charge in [-0.3, -0.25) is 4.79 Å². The zero-order valence-corrected chi connectivity index (χ0v) is 7.34. The average molecular weight is 169 g/mol. The van der Waals surface area contributed by atoms with Crippen molar-refractivity contribution in [2.75, 3.05) is 6.54 Å². The van der Waals surface area contributed by atoms with Crippen LogP contribution in [0.4, 0.5) is 0 Å². The summed E-state index contributed by atoms with van der Waals surface area (Å²) in [6.07, 6.45) is 6.61. The Morgan fingerprint density at radius 3 is 2.92 bits per heavy atom. The number of rotatable bonds is 6. The normalized spacial score (nSPS) is 12.0. The monoisotopic (exact) mass is 169 g/mol. The van der Waals surface area contributed by atoms with E-state index in [1.807, 2.05) is 6.92 Å². The lowest BCUT2D eigenvalue weighted by Gasteiger charge is -2.10. The van der Waals surface area contributed by atoms with Crippen molar-refractivity contribution in [1.82, 2.24) is 5.32 Å². The van der Waals surface area contributed by atoms with Gasteiger partial charge in [0.25, 0.3) is 0 Å². The summed E-state index contributed by atoms with van der Waals surface area (Å²) in [6.45, 7) is 2.72. The van der Waals surface area contributed by atoms with Gasteiger partial charge in [-0.25, -0.2) is 0 Å². The second-order valence-electron chi connectivity index (χ2n) is 2.74. The molecule has 3 nitrogen and oxygen atoms in total. The standard InChI is InChI=1S/C9H15NO2/c1-3-4-7-10-8(2)5-6-9(11)12/h1,8,10H,4-7H2,2H3,(H,11,12). The highest BCUT2D eigenvalue weighted by molar-refractivity contribution is 5.66. The molecule has 0 aromatic heterocycles. The zero-order chi connectivity index (χ0) is 9.40. The summed E-state index contributed by atoms with van der Waals surface area (Å²) in [4.78, 5) is 10.2. The molecule has 0 bridgehead atoms. The third-order valence-electron chi connectivity index (χ3n) is 1.55. The van der Waals surface area contributed by atoms with Crippen LogP contribution in [0.25, 0.3) is 0 Å². The lowest BCUT2D eigenvalue weighted by molar-refractivity contribution is -0.137. The first-order valence-corrected chi connectivity index (χ1v) is 4.05. The number of carboxylic acid groups (broad SMARTS) is 1. The number of hydrogen-bond donors (Lipinski definition) is 2. The molecule has 0 amide bonds. The van der Waals surface area contributed by atoms with Gasteiger partial charge in [-0.15, -0.1) is 12.3 Å². The second kappa shape index (κ2) is 6.68. The molecule has 0 aliphatic heterocycles. The SMILES string of the molecule is C#CCCNC(C)CCC(=O)O. The van der Waals surface area contributed by atoms with Crippen LogP contribution in [-0.4, -0.2) is 23.7 Å². The molecule has 1 atom stereocenters. The molecule has 0 saturated carbocycles. The van der Waals surface area contributed by atoms with E-state index in [1.54, 1.807) is 0 Å². The first-order chi connectivity index (χ1) is 5.66. The molecule has 0 saturated heterocycles. The van der Waals surface area contributed by atoms with E-state index in [9.17, 15) is 4.79 Å². The van der Waals surface area contributed by atoms with Crippen LogP contribution in [0.3, 0.4) is 0 Å². The largest absolute Gasteiger partial charge is 0.481 e. The summed E-state index contributed by atoms with van der Waals surface area (Å²) in [5, 5.41) is 11.5. The van der Waals surface area contributed by atoms with Crippen molar-refractivity contribution in [3.05, 3.63) is 0 Å². The van der Waals surface area contributed by atoms with Crippen LogP contribution in [-0.2, 0) is 4.79 Å². The van der Waals surface area contributed by atoms with Gasteiger partial charge in [-0.2, -0.15) is 0 Å². The fourth-order valence-electron chi connectivity index (χ4n) is 0.833. The lowest BCUT2D eigenvalue weighted by Crippen LogP contribution is -2.27. The molecule has 0 fully saturated rings. The zero-order valence-electron chi connectivity index (χ0n) is 7.34. The van der Waals surface area contributed by atoms with E-state index in [0.29, 0.717) is 12.8 Å². The summed E-state index contributed by atoms with van der Waals surface area (Å²) in [5.41, 5.74) is 0. The van der Waals surface area contributed by atoms with E-state index in [1.165, 1.54) is 0 Å². The Kier molecular flexibility index (Phi) is 6.12. The highest BCUT2D eigenvalue weighted by Gasteiger charge is 2.03. The summed E-state index contributed by atoms with van der Waals surface area (Å²) < 4.78 is 0. The Morgan fingerprint density at radius 2 is 2.42 bits per heavy atom. The molecule has 68 valence electrons. The highest BCUT2D eigenvalue weighted by Crippen LogP contribution is 1.95. The predicted octanol–water partition coefficient (Wildman–Crippen LogP) is 0.853. The maximum absolute atomic E-state index is 10.2. The first-order valence-electron chi connectivity index (χ1n) is 4.05. The van der Waals surface area contributed by atoms with E-state index < -0.39 is 5.97 Å². The number of hydrogen-bond acceptors (Lipinski definition) is 2. The molecule has 0 rings (SSSR count). The third-order valence-corrected chi connectivity index (χ3v) is 1.55. The molecular weight excluding hydrogens is 154 g/mol. The minimum absolute atomic E-state index is 0.213.